The molecule has 0 aliphatic heterocycles. The molecule has 0 unspecified atom stereocenters. The van der Waals surface area contributed by atoms with Crippen molar-refractivity contribution in [3.05, 3.63) is 101 Å². The van der Waals surface area contributed by atoms with Crippen molar-refractivity contribution in [2.45, 2.75) is 6.92 Å². The van der Waals surface area contributed by atoms with Crippen LogP contribution >= 0.6 is 11.6 Å². The van der Waals surface area contributed by atoms with E-state index in [1.54, 1.807) is 36.4 Å². The van der Waals surface area contributed by atoms with Gasteiger partial charge in [-0.2, -0.15) is 0 Å². The highest BCUT2D eigenvalue weighted by molar-refractivity contribution is 6.30. The summed E-state index contributed by atoms with van der Waals surface area (Å²) in [5, 5.41) is 6.67. The summed E-state index contributed by atoms with van der Waals surface area (Å²) in [6.45, 7) is 1.45. The first-order valence-electron chi connectivity index (χ1n) is 8.73. The fraction of sp³-hybridized carbons (Fsp3) is 0.0435. The maximum absolute atomic E-state index is 12.7. The molecule has 3 aromatic carbocycles. The van der Waals surface area contributed by atoms with Gasteiger partial charge in [0.15, 0.2) is 5.78 Å². The number of hydrogen-bond acceptors (Lipinski definition) is 3. The predicted octanol–water partition coefficient (Wildman–Crippen LogP) is 5.63. The molecule has 0 atom stereocenters. The standard InChI is InChI=1S/C23H19ClN2O2/c1-16(27)25-20-9-5-6-10-21(20)26-22(17-11-13-19(24)14-12-17)15-23(28)18-7-3-2-4-8-18/h2-15,26H,1H3,(H,25,27)/b22-15-. The molecule has 2 N–H and O–H groups in total. The van der Waals surface area contributed by atoms with Gasteiger partial charge in [-0.15, -0.1) is 0 Å². The molecule has 0 spiro atoms. The zero-order chi connectivity index (χ0) is 19.9. The van der Waals surface area contributed by atoms with Crippen molar-refractivity contribution in [1.29, 1.82) is 0 Å². The van der Waals surface area contributed by atoms with E-state index in [1.807, 2.05) is 48.5 Å². The van der Waals surface area contributed by atoms with Crippen LogP contribution in [0.25, 0.3) is 5.70 Å². The minimum atomic E-state index is -0.174. The van der Waals surface area contributed by atoms with Gasteiger partial charge in [0.25, 0.3) is 0 Å². The van der Waals surface area contributed by atoms with Gasteiger partial charge in [-0.25, -0.2) is 0 Å². The van der Waals surface area contributed by atoms with Crippen LogP contribution in [0.4, 0.5) is 11.4 Å². The molecule has 5 heteroatoms. The van der Waals surface area contributed by atoms with E-state index in [1.165, 1.54) is 6.92 Å². The van der Waals surface area contributed by atoms with Crippen LogP contribution in [0.5, 0.6) is 0 Å². The number of carbonyl (C=O) groups is 2. The molecule has 0 aliphatic carbocycles. The molecule has 0 radical (unpaired) electrons. The summed E-state index contributed by atoms with van der Waals surface area (Å²) in [7, 11) is 0. The molecule has 0 fully saturated rings. The number of ketones is 1. The summed E-state index contributed by atoms with van der Waals surface area (Å²) in [6, 6.07) is 23.5. The fourth-order valence-corrected chi connectivity index (χ4v) is 2.80. The van der Waals surface area contributed by atoms with Crippen LogP contribution in [-0.2, 0) is 4.79 Å². The third-order valence-electron chi connectivity index (χ3n) is 4.00. The first-order valence-corrected chi connectivity index (χ1v) is 9.11. The Bertz CT molecular complexity index is 1010. The minimum Gasteiger partial charge on any atom is -0.353 e. The molecular weight excluding hydrogens is 372 g/mol. The molecule has 0 heterocycles. The van der Waals surface area contributed by atoms with E-state index in [9.17, 15) is 9.59 Å². The predicted molar refractivity (Wildman–Crippen MR) is 115 cm³/mol. The lowest BCUT2D eigenvalue weighted by Crippen LogP contribution is -2.10. The lowest BCUT2D eigenvalue weighted by molar-refractivity contribution is -0.114. The quantitative estimate of drug-likeness (QED) is 0.423. The Labute approximate surface area is 168 Å². The summed E-state index contributed by atoms with van der Waals surface area (Å²) >= 11 is 6.01. The molecule has 3 rings (SSSR count). The maximum atomic E-state index is 12.7. The van der Waals surface area contributed by atoms with Crippen molar-refractivity contribution in [1.82, 2.24) is 0 Å². The first-order chi connectivity index (χ1) is 13.5. The molecule has 0 bridgehead atoms. The number of allylic oxidation sites excluding steroid dienone is 1. The van der Waals surface area contributed by atoms with Crippen LogP contribution in [0.3, 0.4) is 0 Å². The third-order valence-corrected chi connectivity index (χ3v) is 4.25. The number of amides is 1. The Morgan fingerprint density at radius 3 is 1.93 bits per heavy atom. The number of rotatable bonds is 6. The number of para-hydroxylation sites is 2. The molecule has 0 aromatic heterocycles. The first kappa shape index (κ1) is 19.4. The van der Waals surface area contributed by atoms with Gasteiger partial charge < -0.3 is 10.6 Å². The summed E-state index contributed by atoms with van der Waals surface area (Å²) in [6.07, 6.45) is 1.54. The highest BCUT2D eigenvalue weighted by Crippen LogP contribution is 2.27. The largest absolute Gasteiger partial charge is 0.353 e. The molecule has 0 saturated heterocycles. The van der Waals surface area contributed by atoms with Crippen molar-refractivity contribution in [3.63, 3.8) is 0 Å². The van der Waals surface area contributed by atoms with E-state index in [2.05, 4.69) is 10.6 Å². The van der Waals surface area contributed by atoms with Crippen molar-refractivity contribution < 1.29 is 9.59 Å². The van der Waals surface area contributed by atoms with Crippen molar-refractivity contribution in [2.24, 2.45) is 0 Å². The summed E-state index contributed by atoms with van der Waals surface area (Å²) < 4.78 is 0. The number of hydrogen-bond donors (Lipinski definition) is 2. The molecule has 0 saturated carbocycles. The second-order valence-corrected chi connectivity index (χ2v) is 6.58. The average Bonchev–Trinajstić information content (AvgIpc) is 2.70. The van der Waals surface area contributed by atoms with Crippen LogP contribution in [0, 0.1) is 0 Å². The Balaban J connectivity index is 2.00. The molecule has 1 amide bonds. The molecule has 28 heavy (non-hydrogen) atoms. The van der Waals surface area contributed by atoms with Gasteiger partial charge in [-0.3, -0.25) is 9.59 Å². The van der Waals surface area contributed by atoms with E-state index in [4.69, 9.17) is 11.6 Å². The zero-order valence-electron chi connectivity index (χ0n) is 15.3. The fourth-order valence-electron chi connectivity index (χ4n) is 2.67. The van der Waals surface area contributed by atoms with Crippen LogP contribution in [0.1, 0.15) is 22.8 Å². The van der Waals surface area contributed by atoms with Crippen LogP contribution in [0.15, 0.2) is 84.9 Å². The van der Waals surface area contributed by atoms with Gasteiger partial charge in [-0.05, 0) is 29.8 Å². The number of nitrogens with one attached hydrogen (secondary N) is 2. The maximum Gasteiger partial charge on any atom is 0.221 e. The summed E-state index contributed by atoms with van der Waals surface area (Å²) in [5.74, 6) is -0.304. The monoisotopic (exact) mass is 390 g/mol. The average molecular weight is 391 g/mol. The molecule has 140 valence electrons. The van der Waals surface area contributed by atoms with Crippen LogP contribution < -0.4 is 10.6 Å². The topological polar surface area (TPSA) is 58.2 Å². The van der Waals surface area contributed by atoms with E-state index < -0.39 is 0 Å². The SMILES string of the molecule is CC(=O)Nc1ccccc1N/C(=C\C(=O)c1ccccc1)c1ccc(Cl)cc1. The van der Waals surface area contributed by atoms with Gasteiger partial charge >= 0.3 is 0 Å². The Morgan fingerprint density at radius 1 is 0.750 bits per heavy atom. The van der Waals surface area contributed by atoms with Crippen molar-refractivity contribution in [3.8, 4) is 0 Å². The number of benzene rings is 3. The van der Waals surface area contributed by atoms with Gasteiger partial charge in [0.05, 0.1) is 11.4 Å². The van der Waals surface area contributed by atoms with Crippen molar-refractivity contribution >= 4 is 40.4 Å². The second kappa shape index (κ2) is 9.02. The highest BCUT2D eigenvalue weighted by Gasteiger charge is 2.10. The van der Waals surface area contributed by atoms with E-state index in [0.29, 0.717) is 27.7 Å². The summed E-state index contributed by atoms with van der Waals surface area (Å²) in [5.41, 5.74) is 3.29. The van der Waals surface area contributed by atoms with E-state index >= 15 is 0 Å². The normalized spacial score (nSPS) is 11.0. The smallest absolute Gasteiger partial charge is 0.221 e. The van der Waals surface area contributed by atoms with E-state index in [0.717, 1.165) is 5.56 Å². The van der Waals surface area contributed by atoms with Gasteiger partial charge in [0.2, 0.25) is 5.91 Å². The van der Waals surface area contributed by atoms with Gasteiger partial charge in [0, 0.05) is 29.3 Å². The Morgan fingerprint density at radius 2 is 1.32 bits per heavy atom. The van der Waals surface area contributed by atoms with Crippen molar-refractivity contribution in [2.75, 3.05) is 10.6 Å². The highest BCUT2D eigenvalue weighted by atomic mass is 35.5. The van der Waals surface area contributed by atoms with Crippen LogP contribution in [0.2, 0.25) is 5.02 Å². The molecule has 4 nitrogen and oxygen atoms in total. The van der Waals surface area contributed by atoms with Gasteiger partial charge in [-0.1, -0.05) is 66.2 Å². The minimum absolute atomic E-state index is 0.130. The lowest BCUT2D eigenvalue weighted by atomic mass is 10.1. The Kier molecular flexibility index (Phi) is 6.25. The Hall–Kier alpha value is -3.37. The molecule has 3 aromatic rings. The van der Waals surface area contributed by atoms with Gasteiger partial charge in [0.1, 0.15) is 0 Å². The van der Waals surface area contributed by atoms with Crippen LogP contribution in [-0.4, -0.2) is 11.7 Å². The molecule has 0 aliphatic rings. The van der Waals surface area contributed by atoms with E-state index in [-0.39, 0.29) is 11.7 Å². The second-order valence-electron chi connectivity index (χ2n) is 6.15. The number of halogens is 1. The zero-order valence-corrected chi connectivity index (χ0v) is 16.0. The number of anilines is 2. The lowest BCUT2D eigenvalue weighted by Gasteiger charge is -2.15. The number of carbonyl (C=O) groups excluding carboxylic acids is 2. The molecular formula is C23H19ClN2O2. The third kappa shape index (κ3) is 5.09. The summed E-state index contributed by atoms with van der Waals surface area (Å²) in [4.78, 5) is 24.2.